The fourth-order valence-corrected chi connectivity index (χ4v) is 1.11. The number of urea groups is 1. The molecule has 2 rings (SSSR count). The summed E-state index contributed by atoms with van der Waals surface area (Å²) >= 11 is 0. The third kappa shape index (κ3) is 1.93. The van der Waals surface area contributed by atoms with Gasteiger partial charge in [0, 0.05) is 0 Å². The summed E-state index contributed by atoms with van der Waals surface area (Å²) in [5.41, 5.74) is 0.610. The van der Waals surface area contributed by atoms with E-state index >= 15 is 0 Å². The molecule has 0 spiro atoms. The molecule has 1 aromatic rings. The number of hydrogen-bond acceptors (Lipinski definition) is 4. The summed E-state index contributed by atoms with van der Waals surface area (Å²) in [4.78, 5) is 25.7. The van der Waals surface area contributed by atoms with Gasteiger partial charge in [0.15, 0.2) is 0 Å². The van der Waals surface area contributed by atoms with Crippen molar-refractivity contribution >= 4 is 18.0 Å². The van der Waals surface area contributed by atoms with Crippen LogP contribution in [0, 0.1) is 0 Å². The van der Waals surface area contributed by atoms with Gasteiger partial charge >= 0.3 is 6.03 Å². The van der Waals surface area contributed by atoms with Crippen molar-refractivity contribution in [2.24, 2.45) is 0 Å². The van der Waals surface area contributed by atoms with Crippen molar-refractivity contribution in [3.63, 3.8) is 0 Å². The summed E-state index contributed by atoms with van der Waals surface area (Å²) in [5, 5.41) is 13.4. The molecule has 6 heteroatoms. The Morgan fingerprint density at radius 1 is 1.27 bits per heavy atom. The largest absolute Gasteiger partial charge is 0.506 e. The minimum absolute atomic E-state index is 0.0389. The number of aromatic hydroxyl groups is 1. The normalized spacial score (nSPS) is 17.7. The van der Waals surface area contributed by atoms with E-state index < -0.39 is 11.9 Å². The van der Waals surface area contributed by atoms with Gasteiger partial charge in [0.1, 0.15) is 11.4 Å². The number of carbonyl (C=O) groups is 2. The van der Waals surface area contributed by atoms with Crippen molar-refractivity contribution in [1.82, 2.24) is 15.6 Å². The summed E-state index contributed by atoms with van der Waals surface area (Å²) in [6, 6.07) is 2.42. The molecule has 0 bridgehead atoms. The standard InChI is InChI=1S/C9H7N3O3/c13-6-2-1-5(10-4-6)3-7-8(14)12-9(15)11-7/h1-4,13H,(H2,11,12,14,15)/b7-3-. The molecule has 2 heterocycles. The van der Waals surface area contributed by atoms with Crippen molar-refractivity contribution in [3.8, 4) is 5.75 Å². The lowest BCUT2D eigenvalue weighted by atomic mass is 10.3. The van der Waals surface area contributed by atoms with Crippen LogP contribution in [0.15, 0.2) is 24.0 Å². The predicted octanol–water partition coefficient (Wildman–Crippen LogP) is -0.0325. The summed E-state index contributed by atoms with van der Waals surface area (Å²) in [6.45, 7) is 0. The van der Waals surface area contributed by atoms with Gasteiger partial charge in [-0.3, -0.25) is 15.1 Å². The molecule has 15 heavy (non-hydrogen) atoms. The zero-order valence-electron chi connectivity index (χ0n) is 7.52. The van der Waals surface area contributed by atoms with E-state index in [0.29, 0.717) is 5.69 Å². The molecule has 1 aromatic heterocycles. The third-order valence-corrected chi connectivity index (χ3v) is 1.78. The van der Waals surface area contributed by atoms with Crippen molar-refractivity contribution in [1.29, 1.82) is 0 Å². The molecule has 76 valence electrons. The van der Waals surface area contributed by atoms with Gasteiger partial charge in [-0.2, -0.15) is 0 Å². The molecule has 3 amide bonds. The van der Waals surface area contributed by atoms with E-state index in [2.05, 4.69) is 15.6 Å². The Morgan fingerprint density at radius 2 is 2.07 bits per heavy atom. The maximum absolute atomic E-state index is 11.1. The van der Waals surface area contributed by atoms with Crippen LogP contribution in [0.5, 0.6) is 5.75 Å². The lowest BCUT2D eigenvalue weighted by Crippen LogP contribution is -2.22. The number of nitrogens with one attached hydrogen (secondary N) is 2. The van der Waals surface area contributed by atoms with Crippen molar-refractivity contribution < 1.29 is 14.7 Å². The number of hydrogen-bond donors (Lipinski definition) is 3. The van der Waals surface area contributed by atoms with E-state index in [1.807, 2.05) is 0 Å². The Labute approximate surface area is 84.6 Å². The molecule has 1 saturated heterocycles. The summed E-state index contributed by atoms with van der Waals surface area (Å²) in [5.74, 6) is -0.452. The van der Waals surface area contributed by atoms with Crippen molar-refractivity contribution in [2.45, 2.75) is 0 Å². The average Bonchev–Trinajstić information content (AvgIpc) is 2.49. The smallest absolute Gasteiger partial charge is 0.326 e. The second-order valence-corrected chi connectivity index (χ2v) is 2.91. The number of amides is 3. The maximum Gasteiger partial charge on any atom is 0.326 e. The molecule has 0 aliphatic carbocycles. The second-order valence-electron chi connectivity index (χ2n) is 2.91. The first-order valence-corrected chi connectivity index (χ1v) is 4.14. The molecule has 6 nitrogen and oxygen atoms in total. The van der Waals surface area contributed by atoms with Crippen LogP contribution in [0.2, 0.25) is 0 Å². The zero-order valence-corrected chi connectivity index (χ0v) is 7.52. The van der Waals surface area contributed by atoms with Gasteiger partial charge < -0.3 is 10.4 Å². The maximum atomic E-state index is 11.1. The number of nitrogens with zero attached hydrogens (tertiary/aromatic N) is 1. The lowest BCUT2D eigenvalue weighted by molar-refractivity contribution is -0.115. The second kappa shape index (κ2) is 3.41. The van der Waals surface area contributed by atoms with Crippen molar-refractivity contribution in [2.75, 3.05) is 0 Å². The van der Waals surface area contributed by atoms with Gasteiger partial charge in [0.05, 0.1) is 11.9 Å². The molecule has 1 aliphatic rings. The van der Waals surface area contributed by atoms with Gasteiger partial charge in [0.2, 0.25) is 0 Å². The molecule has 3 N–H and O–H groups in total. The highest BCUT2D eigenvalue weighted by Crippen LogP contribution is 2.09. The SMILES string of the molecule is O=C1NC(=O)/C(=C/c2ccc(O)cn2)N1. The van der Waals surface area contributed by atoms with Crippen LogP contribution in [-0.2, 0) is 4.79 Å². The fraction of sp³-hybridized carbons (Fsp3) is 0. The molecular formula is C9H7N3O3. The Kier molecular flexibility index (Phi) is 2.09. The summed E-state index contributed by atoms with van der Waals surface area (Å²) in [7, 11) is 0. The Hall–Kier alpha value is -2.37. The van der Waals surface area contributed by atoms with Crippen LogP contribution in [0.25, 0.3) is 6.08 Å². The highest BCUT2D eigenvalue weighted by atomic mass is 16.3. The van der Waals surface area contributed by atoms with Crippen LogP contribution in [0.1, 0.15) is 5.69 Å². The first kappa shape index (κ1) is 9.20. The van der Waals surface area contributed by atoms with Gasteiger partial charge in [0.25, 0.3) is 5.91 Å². The molecule has 1 fully saturated rings. The van der Waals surface area contributed by atoms with E-state index in [-0.39, 0.29) is 11.4 Å². The van der Waals surface area contributed by atoms with Crippen LogP contribution >= 0.6 is 0 Å². The predicted molar refractivity (Wildman–Crippen MR) is 50.6 cm³/mol. The minimum atomic E-state index is -0.551. The topological polar surface area (TPSA) is 91.3 Å². The molecule has 0 radical (unpaired) electrons. The average molecular weight is 205 g/mol. The zero-order chi connectivity index (χ0) is 10.8. The van der Waals surface area contributed by atoms with Gasteiger partial charge in [-0.25, -0.2) is 4.79 Å². The number of aromatic nitrogens is 1. The van der Waals surface area contributed by atoms with Crippen LogP contribution in [0.4, 0.5) is 4.79 Å². The van der Waals surface area contributed by atoms with E-state index in [4.69, 9.17) is 5.11 Å². The lowest BCUT2D eigenvalue weighted by Gasteiger charge is -1.95. The van der Waals surface area contributed by atoms with Gasteiger partial charge in [-0.1, -0.05) is 0 Å². The van der Waals surface area contributed by atoms with Gasteiger partial charge in [-0.05, 0) is 18.2 Å². The van der Waals surface area contributed by atoms with Crippen LogP contribution in [-0.4, -0.2) is 22.0 Å². The first-order valence-electron chi connectivity index (χ1n) is 4.14. The monoisotopic (exact) mass is 205 g/mol. The number of carbonyl (C=O) groups excluding carboxylic acids is 2. The van der Waals surface area contributed by atoms with E-state index in [9.17, 15) is 9.59 Å². The number of imide groups is 1. The first-order chi connectivity index (χ1) is 7.15. The van der Waals surface area contributed by atoms with Crippen LogP contribution in [0.3, 0.4) is 0 Å². The summed E-state index contributed by atoms with van der Waals surface area (Å²) < 4.78 is 0. The summed E-state index contributed by atoms with van der Waals surface area (Å²) in [6.07, 6.45) is 2.67. The third-order valence-electron chi connectivity index (χ3n) is 1.78. The number of pyridine rings is 1. The quantitative estimate of drug-likeness (QED) is 0.443. The molecule has 0 aromatic carbocycles. The fourth-order valence-electron chi connectivity index (χ4n) is 1.11. The van der Waals surface area contributed by atoms with E-state index in [0.717, 1.165) is 0 Å². The molecule has 0 unspecified atom stereocenters. The Balaban J connectivity index is 2.27. The van der Waals surface area contributed by atoms with Crippen molar-refractivity contribution in [3.05, 3.63) is 29.7 Å². The molecular weight excluding hydrogens is 198 g/mol. The highest BCUT2D eigenvalue weighted by molar-refractivity contribution is 6.13. The van der Waals surface area contributed by atoms with Crippen LogP contribution < -0.4 is 10.6 Å². The number of rotatable bonds is 1. The molecule has 1 aliphatic heterocycles. The van der Waals surface area contributed by atoms with Gasteiger partial charge in [-0.15, -0.1) is 0 Å². The Bertz CT molecular complexity index is 450. The minimum Gasteiger partial charge on any atom is -0.506 e. The molecule has 0 atom stereocenters. The molecule has 0 saturated carbocycles. The van der Waals surface area contributed by atoms with E-state index in [1.54, 1.807) is 0 Å². The Morgan fingerprint density at radius 3 is 2.60 bits per heavy atom. The van der Waals surface area contributed by atoms with E-state index in [1.165, 1.54) is 24.4 Å². The highest BCUT2D eigenvalue weighted by Gasteiger charge is 2.22.